The van der Waals surface area contributed by atoms with Crippen LogP contribution in [0.4, 0.5) is 5.82 Å². The summed E-state index contributed by atoms with van der Waals surface area (Å²) in [4.78, 5) is 8.76. The summed E-state index contributed by atoms with van der Waals surface area (Å²) in [7, 11) is 1.69. The molecule has 1 heterocycles. The minimum Gasteiger partial charge on any atom is -0.385 e. The predicted octanol–water partition coefficient (Wildman–Crippen LogP) is 2.16. The summed E-state index contributed by atoms with van der Waals surface area (Å²) in [6, 6.07) is 1.95. The Bertz CT molecular complexity index is 345. The summed E-state index contributed by atoms with van der Waals surface area (Å²) in [5, 5.41) is 3.26. The van der Waals surface area contributed by atoms with Crippen molar-refractivity contribution in [2.45, 2.75) is 33.3 Å². The summed E-state index contributed by atoms with van der Waals surface area (Å²) in [6.07, 6.45) is 1.97. The van der Waals surface area contributed by atoms with Crippen LogP contribution in [-0.2, 0) is 16.1 Å². The Morgan fingerprint density at radius 2 is 2.11 bits per heavy atom. The number of nitrogens with one attached hydrogen (secondary N) is 1. The van der Waals surface area contributed by atoms with Crippen LogP contribution in [0, 0.1) is 6.92 Å². The highest BCUT2D eigenvalue weighted by Gasteiger charge is 2.02. The molecule has 1 aromatic heterocycles. The number of anilines is 1. The number of methoxy groups -OCH3 is 1. The van der Waals surface area contributed by atoms with Gasteiger partial charge in [0.1, 0.15) is 12.4 Å². The smallest absolute Gasteiger partial charge is 0.156 e. The molecule has 0 radical (unpaired) electrons. The third kappa shape index (κ3) is 5.93. The molecule has 1 rings (SSSR count). The van der Waals surface area contributed by atoms with E-state index < -0.39 is 0 Å². The average molecular weight is 253 g/mol. The van der Waals surface area contributed by atoms with Crippen LogP contribution in [0.15, 0.2) is 6.07 Å². The number of hydrogen-bond donors (Lipinski definition) is 1. The van der Waals surface area contributed by atoms with E-state index in [4.69, 9.17) is 9.47 Å². The third-order valence-electron chi connectivity index (χ3n) is 2.32. The number of hydrogen-bond acceptors (Lipinski definition) is 5. The standard InChI is InChI=1S/C13H23N3O2/c1-4-6-14-12-9-11(2)15-13(16-12)10-18-8-5-7-17-3/h9H,4-8,10H2,1-3H3,(H,14,15,16). The fourth-order valence-corrected chi connectivity index (χ4v) is 1.51. The summed E-state index contributed by atoms with van der Waals surface area (Å²) < 4.78 is 10.5. The molecule has 0 amide bonds. The van der Waals surface area contributed by atoms with E-state index in [1.54, 1.807) is 7.11 Å². The van der Waals surface area contributed by atoms with Gasteiger partial charge in [-0.2, -0.15) is 0 Å². The Hall–Kier alpha value is -1.20. The van der Waals surface area contributed by atoms with Crippen molar-refractivity contribution >= 4 is 5.82 Å². The molecule has 0 saturated heterocycles. The van der Waals surface area contributed by atoms with Gasteiger partial charge in [0.15, 0.2) is 5.82 Å². The fraction of sp³-hybridized carbons (Fsp3) is 0.692. The molecule has 102 valence electrons. The Morgan fingerprint density at radius 3 is 2.83 bits per heavy atom. The molecular weight excluding hydrogens is 230 g/mol. The van der Waals surface area contributed by atoms with E-state index in [1.807, 2.05) is 13.0 Å². The lowest BCUT2D eigenvalue weighted by molar-refractivity contribution is 0.0890. The SMILES string of the molecule is CCCNc1cc(C)nc(COCCCOC)n1. The Labute approximate surface area is 109 Å². The van der Waals surface area contributed by atoms with Gasteiger partial charge < -0.3 is 14.8 Å². The highest BCUT2D eigenvalue weighted by Crippen LogP contribution is 2.07. The summed E-state index contributed by atoms with van der Waals surface area (Å²) in [5.74, 6) is 1.60. The van der Waals surface area contributed by atoms with Crippen molar-refractivity contribution in [2.24, 2.45) is 0 Å². The molecule has 1 N–H and O–H groups in total. The second-order valence-corrected chi connectivity index (χ2v) is 4.14. The van der Waals surface area contributed by atoms with E-state index in [9.17, 15) is 0 Å². The first kappa shape index (κ1) is 14.9. The van der Waals surface area contributed by atoms with E-state index in [2.05, 4.69) is 22.2 Å². The van der Waals surface area contributed by atoms with Crippen molar-refractivity contribution < 1.29 is 9.47 Å². The van der Waals surface area contributed by atoms with E-state index in [-0.39, 0.29) is 0 Å². The van der Waals surface area contributed by atoms with Crippen molar-refractivity contribution in [1.82, 2.24) is 9.97 Å². The fourth-order valence-electron chi connectivity index (χ4n) is 1.51. The van der Waals surface area contributed by atoms with Crippen molar-refractivity contribution in [2.75, 3.05) is 32.2 Å². The first-order valence-electron chi connectivity index (χ1n) is 6.41. The van der Waals surface area contributed by atoms with Crippen molar-refractivity contribution in [3.63, 3.8) is 0 Å². The Morgan fingerprint density at radius 1 is 1.28 bits per heavy atom. The zero-order chi connectivity index (χ0) is 13.2. The van der Waals surface area contributed by atoms with E-state index in [0.29, 0.717) is 13.2 Å². The minimum atomic E-state index is 0.451. The summed E-state index contributed by atoms with van der Waals surface area (Å²) in [6.45, 7) is 6.85. The van der Waals surface area contributed by atoms with E-state index in [1.165, 1.54) is 0 Å². The highest BCUT2D eigenvalue weighted by molar-refractivity contribution is 5.35. The van der Waals surface area contributed by atoms with Gasteiger partial charge in [-0.25, -0.2) is 9.97 Å². The zero-order valence-electron chi connectivity index (χ0n) is 11.5. The number of rotatable bonds is 9. The van der Waals surface area contributed by atoms with Crippen LogP contribution in [0.25, 0.3) is 0 Å². The second kappa shape index (κ2) is 8.83. The van der Waals surface area contributed by atoms with Gasteiger partial charge >= 0.3 is 0 Å². The quantitative estimate of drug-likeness (QED) is 0.683. The van der Waals surface area contributed by atoms with Gasteiger partial charge in [-0.05, 0) is 19.8 Å². The molecule has 0 aromatic carbocycles. The molecular formula is C13H23N3O2. The van der Waals surface area contributed by atoms with Crippen LogP contribution in [0.1, 0.15) is 31.3 Å². The van der Waals surface area contributed by atoms with Crippen LogP contribution < -0.4 is 5.32 Å². The Kier molecular flexibility index (Phi) is 7.29. The molecule has 0 atom stereocenters. The van der Waals surface area contributed by atoms with E-state index in [0.717, 1.165) is 43.3 Å². The normalized spacial score (nSPS) is 10.6. The van der Waals surface area contributed by atoms with Crippen molar-refractivity contribution in [3.8, 4) is 0 Å². The van der Waals surface area contributed by atoms with Gasteiger partial charge in [-0.3, -0.25) is 0 Å². The first-order chi connectivity index (χ1) is 8.76. The van der Waals surface area contributed by atoms with Crippen molar-refractivity contribution in [3.05, 3.63) is 17.6 Å². The molecule has 18 heavy (non-hydrogen) atoms. The molecule has 0 aliphatic heterocycles. The minimum absolute atomic E-state index is 0.451. The summed E-state index contributed by atoms with van der Waals surface area (Å²) in [5.41, 5.74) is 0.957. The molecule has 0 saturated carbocycles. The molecule has 0 unspecified atom stereocenters. The van der Waals surface area contributed by atoms with Gasteiger partial charge in [0.05, 0.1) is 0 Å². The number of nitrogens with zero attached hydrogens (tertiary/aromatic N) is 2. The zero-order valence-corrected chi connectivity index (χ0v) is 11.5. The van der Waals surface area contributed by atoms with Crippen LogP contribution in [0.3, 0.4) is 0 Å². The molecule has 5 heteroatoms. The topological polar surface area (TPSA) is 56.3 Å². The van der Waals surface area contributed by atoms with Crippen LogP contribution in [0.5, 0.6) is 0 Å². The largest absolute Gasteiger partial charge is 0.385 e. The van der Waals surface area contributed by atoms with Gasteiger partial charge in [0.2, 0.25) is 0 Å². The molecule has 0 spiro atoms. The van der Waals surface area contributed by atoms with Crippen LogP contribution in [-0.4, -0.2) is 36.8 Å². The third-order valence-corrected chi connectivity index (χ3v) is 2.32. The lowest BCUT2D eigenvalue weighted by Gasteiger charge is -2.08. The maximum atomic E-state index is 5.50. The number of aromatic nitrogens is 2. The Balaban J connectivity index is 2.41. The molecule has 0 aliphatic carbocycles. The lowest BCUT2D eigenvalue weighted by Crippen LogP contribution is -2.08. The maximum Gasteiger partial charge on any atom is 0.156 e. The van der Waals surface area contributed by atoms with Gasteiger partial charge in [-0.1, -0.05) is 6.92 Å². The predicted molar refractivity (Wildman–Crippen MR) is 71.7 cm³/mol. The molecule has 1 aromatic rings. The van der Waals surface area contributed by atoms with Crippen molar-refractivity contribution in [1.29, 1.82) is 0 Å². The summed E-state index contributed by atoms with van der Waals surface area (Å²) >= 11 is 0. The first-order valence-corrected chi connectivity index (χ1v) is 6.41. The monoisotopic (exact) mass is 253 g/mol. The number of ether oxygens (including phenoxy) is 2. The van der Waals surface area contributed by atoms with Gasteiger partial charge in [0, 0.05) is 38.6 Å². The molecule has 0 fully saturated rings. The van der Waals surface area contributed by atoms with Gasteiger partial charge in [0.25, 0.3) is 0 Å². The van der Waals surface area contributed by atoms with Gasteiger partial charge in [-0.15, -0.1) is 0 Å². The maximum absolute atomic E-state index is 5.50. The molecule has 0 bridgehead atoms. The second-order valence-electron chi connectivity index (χ2n) is 4.14. The van der Waals surface area contributed by atoms with E-state index >= 15 is 0 Å². The molecule has 0 aliphatic rings. The molecule has 5 nitrogen and oxygen atoms in total. The lowest BCUT2D eigenvalue weighted by atomic mass is 10.4. The number of aryl methyl sites for hydroxylation is 1. The van der Waals surface area contributed by atoms with Crippen LogP contribution in [0.2, 0.25) is 0 Å². The highest BCUT2D eigenvalue weighted by atomic mass is 16.5. The van der Waals surface area contributed by atoms with Crippen LogP contribution >= 0.6 is 0 Å². The average Bonchev–Trinajstić information content (AvgIpc) is 2.35.